The number of nitrogens with zero attached hydrogens (tertiary/aromatic N) is 1. The molecule has 0 N–H and O–H groups in total. The Labute approximate surface area is 115 Å². The summed E-state index contributed by atoms with van der Waals surface area (Å²) in [5.74, 6) is 0.909. The van der Waals surface area contributed by atoms with Gasteiger partial charge >= 0.3 is 0 Å². The molecule has 2 nitrogen and oxygen atoms in total. The van der Waals surface area contributed by atoms with Crippen LogP contribution < -0.4 is 9.64 Å². The Morgan fingerprint density at radius 1 is 0.947 bits per heavy atom. The first-order valence-corrected chi connectivity index (χ1v) is 6.84. The third-order valence-corrected chi connectivity index (χ3v) is 3.04. The van der Waals surface area contributed by atoms with Crippen LogP contribution in [-0.4, -0.2) is 12.8 Å². The number of ether oxygens (including phenoxy) is 1. The van der Waals surface area contributed by atoms with Crippen LogP contribution in [0.1, 0.15) is 20.3 Å². The molecule has 0 fully saturated rings. The Balaban J connectivity index is 2.11. The molecule has 1 atom stereocenters. The third-order valence-electron chi connectivity index (χ3n) is 3.04. The van der Waals surface area contributed by atoms with E-state index in [4.69, 9.17) is 4.74 Å². The van der Waals surface area contributed by atoms with E-state index in [1.165, 1.54) is 5.69 Å². The van der Waals surface area contributed by atoms with Crippen molar-refractivity contribution >= 4 is 5.69 Å². The van der Waals surface area contributed by atoms with Gasteiger partial charge in [-0.05, 0) is 37.6 Å². The van der Waals surface area contributed by atoms with Crippen LogP contribution in [0.25, 0.3) is 0 Å². The molecule has 0 saturated carbocycles. The number of rotatable bonds is 6. The Bertz CT molecular complexity index is 469. The average Bonchev–Trinajstić information content (AvgIpc) is 2.46. The maximum Gasteiger partial charge on any atom is 0.169 e. The number of anilines is 1. The molecule has 2 aromatic carbocycles. The number of hydrogen-bond acceptors (Lipinski definition) is 2. The van der Waals surface area contributed by atoms with Crippen molar-refractivity contribution in [3.05, 3.63) is 60.7 Å². The summed E-state index contributed by atoms with van der Waals surface area (Å²) in [7, 11) is 0. The molecule has 0 aromatic heterocycles. The molecule has 0 aliphatic heterocycles. The molecule has 0 heterocycles. The van der Waals surface area contributed by atoms with Crippen molar-refractivity contribution < 1.29 is 4.74 Å². The van der Waals surface area contributed by atoms with Gasteiger partial charge in [0.25, 0.3) is 0 Å². The molecule has 19 heavy (non-hydrogen) atoms. The van der Waals surface area contributed by atoms with Crippen LogP contribution in [0.2, 0.25) is 0 Å². The van der Waals surface area contributed by atoms with E-state index in [9.17, 15) is 0 Å². The lowest BCUT2D eigenvalue weighted by Gasteiger charge is -2.31. The molecular formula is C17H21NO. The van der Waals surface area contributed by atoms with Gasteiger partial charge in [0.1, 0.15) is 5.75 Å². The molecule has 1 unspecified atom stereocenters. The zero-order valence-corrected chi connectivity index (χ0v) is 11.6. The topological polar surface area (TPSA) is 12.5 Å². The van der Waals surface area contributed by atoms with Crippen LogP contribution in [-0.2, 0) is 0 Å². The van der Waals surface area contributed by atoms with Gasteiger partial charge in [-0.3, -0.25) is 0 Å². The standard InChI is InChI=1S/C17H21NO/c1-3-14-18(16-10-6-4-7-11-16)15(2)19-17-12-8-5-9-13-17/h4-13,15H,3,14H2,1-2H3. The molecule has 0 saturated heterocycles. The van der Waals surface area contributed by atoms with Crippen molar-refractivity contribution in [2.24, 2.45) is 0 Å². The summed E-state index contributed by atoms with van der Waals surface area (Å²) in [5, 5.41) is 0. The molecule has 0 bridgehead atoms. The Morgan fingerprint density at radius 2 is 1.53 bits per heavy atom. The maximum absolute atomic E-state index is 6.01. The second-order valence-electron chi connectivity index (χ2n) is 4.56. The van der Waals surface area contributed by atoms with E-state index in [0.29, 0.717) is 0 Å². The van der Waals surface area contributed by atoms with Crippen molar-refractivity contribution in [3.63, 3.8) is 0 Å². The molecule has 2 aromatic rings. The van der Waals surface area contributed by atoms with Crippen LogP contribution in [0.3, 0.4) is 0 Å². The minimum Gasteiger partial charge on any atom is -0.471 e. The van der Waals surface area contributed by atoms with Crippen molar-refractivity contribution in [1.82, 2.24) is 0 Å². The molecule has 0 spiro atoms. The predicted octanol–water partition coefficient (Wildman–Crippen LogP) is 4.33. The molecule has 0 aliphatic carbocycles. The Kier molecular flexibility index (Phi) is 4.85. The predicted molar refractivity (Wildman–Crippen MR) is 80.6 cm³/mol. The molecular weight excluding hydrogens is 234 g/mol. The zero-order valence-electron chi connectivity index (χ0n) is 11.6. The van der Waals surface area contributed by atoms with Crippen LogP contribution >= 0.6 is 0 Å². The first kappa shape index (κ1) is 13.5. The second kappa shape index (κ2) is 6.83. The smallest absolute Gasteiger partial charge is 0.169 e. The Hall–Kier alpha value is -1.96. The molecule has 100 valence electrons. The minimum absolute atomic E-state index is 0.0183. The number of para-hydroxylation sites is 2. The SMILES string of the molecule is CCCN(c1ccccc1)C(C)Oc1ccccc1. The van der Waals surface area contributed by atoms with E-state index in [1.54, 1.807) is 0 Å². The maximum atomic E-state index is 6.01. The second-order valence-corrected chi connectivity index (χ2v) is 4.56. The van der Waals surface area contributed by atoms with Crippen molar-refractivity contribution in [3.8, 4) is 5.75 Å². The largest absolute Gasteiger partial charge is 0.471 e. The highest BCUT2D eigenvalue weighted by Crippen LogP contribution is 2.19. The summed E-state index contributed by atoms with van der Waals surface area (Å²) in [6, 6.07) is 20.4. The van der Waals surface area contributed by atoms with Gasteiger partial charge in [0, 0.05) is 12.2 Å². The fourth-order valence-electron chi connectivity index (χ4n) is 2.14. The lowest BCUT2D eigenvalue weighted by atomic mass is 10.2. The minimum atomic E-state index is 0.0183. The van der Waals surface area contributed by atoms with E-state index in [-0.39, 0.29) is 6.23 Å². The summed E-state index contributed by atoms with van der Waals surface area (Å²) in [6.45, 7) is 5.26. The molecule has 0 amide bonds. The average molecular weight is 255 g/mol. The highest BCUT2D eigenvalue weighted by Gasteiger charge is 2.14. The first-order valence-electron chi connectivity index (χ1n) is 6.84. The van der Waals surface area contributed by atoms with Crippen LogP contribution in [0.4, 0.5) is 5.69 Å². The van der Waals surface area contributed by atoms with Gasteiger partial charge in [0.2, 0.25) is 0 Å². The van der Waals surface area contributed by atoms with Gasteiger partial charge < -0.3 is 9.64 Å². The van der Waals surface area contributed by atoms with Gasteiger partial charge in [0.05, 0.1) is 0 Å². The lowest BCUT2D eigenvalue weighted by Crippen LogP contribution is -2.37. The summed E-state index contributed by atoms with van der Waals surface area (Å²) < 4.78 is 6.01. The summed E-state index contributed by atoms with van der Waals surface area (Å²) in [5.41, 5.74) is 1.20. The first-order chi connectivity index (χ1) is 9.31. The molecule has 0 radical (unpaired) electrons. The van der Waals surface area contributed by atoms with Gasteiger partial charge in [-0.2, -0.15) is 0 Å². The summed E-state index contributed by atoms with van der Waals surface area (Å²) in [4.78, 5) is 2.28. The van der Waals surface area contributed by atoms with Crippen LogP contribution in [0, 0.1) is 0 Å². The van der Waals surface area contributed by atoms with E-state index in [1.807, 2.05) is 36.4 Å². The summed E-state index contributed by atoms with van der Waals surface area (Å²) >= 11 is 0. The highest BCUT2D eigenvalue weighted by atomic mass is 16.5. The lowest BCUT2D eigenvalue weighted by molar-refractivity contribution is 0.214. The monoisotopic (exact) mass is 255 g/mol. The summed E-state index contributed by atoms with van der Waals surface area (Å²) in [6.07, 6.45) is 1.11. The Morgan fingerprint density at radius 3 is 2.11 bits per heavy atom. The van der Waals surface area contributed by atoms with Gasteiger partial charge in [0.15, 0.2) is 6.23 Å². The number of benzene rings is 2. The van der Waals surface area contributed by atoms with Crippen molar-refractivity contribution in [2.45, 2.75) is 26.5 Å². The molecule has 2 heteroatoms. The van der Waals surface area contributed by atoms with Crippen LogP contribution in [0.5, 0.6) is 5.75 Å². The normalized spacial score (nSPS) is 11.9. The molecule has 0 aliphatic rings. The van der Waals surface area contributed by atoms with E-state index < -0.39 is 0 Å². The van der Waals surface area contributed by atoms with Gasteiger partial charge in [-0.1, -0.05) is 43.3 Å². The van der Waals surface area contributed by atoms with Gasteiger partial charge in [-0.25, -0.2) is 0 Å². The zero-order chi connectivity index (χ0) is 13.5. The van der Waals surface area contributed by atoms with Crippen molar-refractivity contribution in [1.29, 1.82) is 0 Å². The quantitative estimate of drug-likeness (QED) is 0.712. The molecule has 2 rings (SSSR count). The van der Waals surface area contributed by atoms with E-state index >= 15 is 0 Å². The van der Waals surface area contributed by atoms with E-state index in [0.717, 1.165) is 18.7 Å². The fraction of sp³-hybridized carbons (Fsp3) is 0.294. The third kappa shape index (κ3) is 3.75. The van der Waals surface area contributed by atoms with Crippen LogP contribution in [0.15, 0.2) is 60.7 Å². The van der Waals surface area contributed by atoms with E-state index in [2.05, 4.69) is 43.0 Å². The van der Waals surface area contributed by atoms with Crippen molar-refractivity contribution in [2.75, 3.05) is 11.4 Å². The fourth-order valence-corrected chi connectivity index (χ4v) is 2.14. The highest BCUT2D eigenvalue weighted by molar-refractivity contribution is 5.46. The van der Waals surface area contributed by atoms with Gasteiger partial charge in [-0.15, -0.1) is 0 Å². The number of hydrogen-bond donors (Lipinski definition) is 0.